The lowest BCUT2D eigenvalue weighted by Crippen LogP contribution is -1.92. The zero-order valence-corrected chi connectivity index (χ0v) is 9.69. The molecule has 1 heterocycles. The van der Waals surface area contributed by atoms with Crippen molar-refractivity contribution < 1.29 is 4.79 Å². The Labute approximate surface area is 90.3 Å². The Morgan fingerprint density at radius 3 is 2.92 bits per heavy atom. The van der Waals surface area contributed by atoms with Crippen molar-refractivity contribution in [2.45, 2.75) is 13.3 Å². The van der Waals surface area contributed by atoms with Crippen molar-refractivity contribution in [3.05, 3.63) is 28.5 Å². The molecular weight excluding hydrogens is 250 g/mol. The highest BCUT2D eigenvalue weighted by molar-refractivity contribution is 9.10. The highest BCUT2D eigenvalue weighted by atomic mass is 79.9. The standard InChI is InChI=1S/C9H10BrNOS/c1-7(12)13-5-4-8-2-3-9(10)11-6-8/h2-3,6H,4-5H2,1H3. The molecule has 0 aliphatic heterocycles. The van der Waals surface area contributed by atoms with E-state index >= 15 is 0 Å². The summed E-state index contributed by atoms with van der Waals surface area (Å²) < 4.78 is 0.843. The van der Waals surface area contributed by atoms with E-state index in [-0.39, 0.29) is 5.12 Å². The topological polar surface area (TPSA) is 30.0 Å². The largest absolute Gasteiger partial charge is 0.288 e. The molecule has 1 aromatic rings. The summed E-state index contributed by atoms with van der Waals surface area (Å²) in [5.74, 6) is 0.832. The summed E-state index contributed by atoms with van der Waals surface area (Å²) in [7, 11) is 0. The molecule has 0 bridgehead atoms. The first-order valence-corrected chi connectivity index (χ1v) is 5.70. The molecule has 0 atom stereocenters. The number of thioether (sulfide) groups is 1. The highest BCUT2D eigenvalue weighted by Crippen LogP contribution is 2.09. The second-order valence-electron chi connectivity index (χ2n) is 2.58. The maximum atomic E-state index is 10.6. The molecule has 0 spiro atoms. The molecule has 0 saturated carbocycles. The van der Waals surface area contributed by atoms with Crippen LogP contribution in [0.15, 0.2) is 22.9 Å². The van der Waals surface area contributed by atoms with Crippen molar-refractivity contribution >= 4 is 32.8 Å². The predicted molar refractivity (Wildman–Crippen MR) is 58.8 cm³/mol. The molecule has 0 radical (unpaired) electrons. The molecule has 0 aliphatic carbocycles. The SMILES string of the molecule is CC(=O)SCCc1ccc(Br)nc1. The third-order valence-corrected chi connectivity index (χ3v) is 2.77. The van der Waals surface area contributed by atoms with Crippen molar-refractivity contribution in [2.75, 3.05) is 5.75 Å². The van der Waals surface area contributed by atoms with Gasteiger partial charge in [-0.15, -0.1) is 0 Å². The van der Waals surface area contributed by atoms with E-state index in [9.17, 15) is 4.79 Å². The molecule has 0 unspecified atom stereocenters. The molecular formula is C9H10BrNOS. The predicted octanol–water partition coefficient (Wildman–Crippen LogP) is 2.67. The third kappa shape index (κ3) is 4.43. The van der Waals surface area contributed by atoms with Gasteiger partial charge in [0.1, 0.15) is 4.60 Å². The summed E-state index contributed by atoms with van der Waals surface area (Å²) in [6.07, 6.45) is 2.72. The molecule has 0 fully saturated rings. The quantitative estimate of drug-likeness (QED) is 0.782. The van der Waals surface area contributed by atoms with Crippen LogP contribution in [0.4, 0.5) is 0 Å². The first kappa shape index (κ1) is 10.7. The fourth-order valence-corrected chi connectivity index (χ4v) is 1.73. The Balaban J connectivity index is 2.37. The summed E-state index contributed by atoms with van der Waals surface area (Å²) in [4.78, 5) is 14.7. The number of carbonyl (C=O) groups is 1. The number of nitrogens with zero attached hydrogens (tertiary/aromatic N) is 1. The minimum atomic E-state index is 0.171. The van der Waals surface area contributed by atoms with Gasteiger partial charge in [0.05, 0.1) is 0 Å². The van der Waals surface area contributed by atoms with Gasteiger partial charge < -0.3 is 0 Å². The molecule has 0 N–H and O–H groups in total. The Bertz CT molecular complexity index is 286. The first-order valence-electron chi connectivity index (χ1n) is 3.92. The summed E-state index contributed by atoms with van der Waals surface area (Å²) in [6, 6.07) is 3.92. The van der Waals surface area contributed by atoms with Gasteiger partial charge in [0.15, 0.2) is 5.12 Å². The normalized spacial score (nSPS) is 10.0. The van der Waals surface area contributed by atoms with Crippen LogP contribution in [-0.2, 0) is 11.2 Å². The van der Waals surface area contributed by atoms with E-state index in [1.165, 1.54) is 11.8 Å². The van der Waals surface area contributed by atoms with Gasteiger partial charge in [0.2, 0.25) is 0 Å². The smallest absolute Gasteiger partial charge is 0.185 e. The number of rotatable bonds is 3. The van der Waals surface area contributed by atoms with Crippen molar-refractivity contribution in [2.24, 2.45) is 0 Å². The van der Waals surface area contributed by atoms with Gasteiger partial charge in [0.25, 0.3) is 0 Å². The number of hydrogen-bond donors (Lipinski definition) is 0. The number of aryl methyl sites for hydroxylation is 1. The van der Waals surface area contributed by atoms with Crippen LogP contribution in [0.1, 0.15) is 12.5 Å². The van der Waals surface area contributed by atoms with Gasteiger partial charge in [-0.1, -0.05) is 17.8 Å². The minimum Gasteiger partial charge on any atom is -0.288 e. The van der Waals surface area contributed by atoms with Gasteiger partial charge in [-0.3, -0.25) is 4.79 Å². The van der Waals surface area contributed by atoms with E-state index in [2.05, 4.69) is 20.9 Å². The highest BCUT2D eigenvalue weighted by Gasteiger charge is 1.96. The summed E-state index contributed by atoms with van der Waals surface area (Å²) in [5.41, 5.74) is 1.16. The average molecular weight is 260 g/mol. The summed E-state index contributed by atoms with van der Waals surface area (Å²) in [5, 5.41) is 0.171. The molecule has 1 rings (SSSR count). The fraction of sp³-hybridized carbons (Fsp3) is 0.333. The van der Waals surface area contributed by atoms with Crippen LogP contribution in [0, 0.1) is 0 Å². The molecule has 0 amide bonds. The van der Waals surface area contributed by atoms with E-state index in [4.69, 9.17) is 0 Å². The van der Waals surface area contributed by atoms with Gasteiger partial charge in [-0.05, 0) is 34.0 Å². The monoisotopic (exact) mass is 259 g/mol. The number of hydrogen-bond acceptors (Lipinski definition) is 3. The van der Waals surface area contributed by atoms with Crippen molar-refractivity contribution in [3.8, 4) is 0 Å². The number of pyridine rings is 1. The zero-order valence-electron chi connectivity index (χ0n) is 7.29. The third-order valence-electron chi connectivity index (χ3n) is 1.48. The fourth-order valence-electron chi connectivity index (χ4n) is 0.867. The van der Waals surface area contributed by atoms with E-state index < -0.39 is 0 Å². The molecule has 0 aliphatic rings. The zero-order chi connectivity index (χ0) is 9.68. The Morgan fingerprint density at radius 1 is 1.62 bits per heavy atom. The second-order valence-corrected chi connectivity index (χ2v) is 4.66. The molecule has 13 heavy (non-hydrogen) atoms. The van der Waals surface area contributed by atoms with Crippen molar-refractivity contribution in [1.29, 1.82) is 0 Å². The molecule has 0 aromatic carbocycles. The van der Waals surface area contributed by atoms with Gasteiger partial charge in [-0.2, -0.15) is 0 Å². The van der Waals surface area contributed by atoms with Crippen molar-refractivity contribution in [3.63, 3.8) is 0 Å². The molecule has 0 saturated heterocycles. The molecule has 1 aromatic heterocycles. The lowest BCUT2D eigenvalue weighted by molar-refractivity contribution is -0.109. The van der Waals surface area contributed by atoms with Crippen LogP contribution in [0.3, 0.4) is 0 Å². The molecule has 2 nitrogen and oxygen atoms in total. The van der Waals surface area contributed by atoms with E-state index in [1.807, 2.05) is 18.3 Å². The van der Waals surface area contributed by atoms with Crippen LogP contribution in [0.25, 0.3) is 0 Å². The van der Waals surface area contributed by atoms with Crippen molar-refractivity contribution in [1.82, 2.24) is 4.98 Å². The second kappa shape index (κ2) is 5.40. The maximum absolute atomic E-state index is 10.6. The average Bonchev–Trinajstić information content (AvgIpc) is 2.08. The first-order chi connectivity index (χ1) is 6.18. The van der Waals surface area contributed by atoms with Crippen LogP contribution in [-0.4, -0.2) is 15.9 Å². The van der Waals surface area contributed by atoms with Crippen LogP contribution < -0.4 is 0 Å². The Kier molecular flexibility index (Phi) is 4.45. The minimum absolute atomic E-state index is 0.171. The van der Waals surface area contributed by atoms with Crippen LogP contribution in [0.5, 0.6) is 0 Å². The van der Waals surface area contributed by atoms with E-state index in [1.54, 1.807) is 6.92 Å². The van der Waals surface area contributed by atoms with Gasteiger partial charge in [0, 0.05) is 18.9 Å². The maximum Gasteiger partial charge on any atom is 0.185 e. The number of aromatic nitrogens is 1. The lowest BCUT2D eigenvalue weighted by Gasteiger charge is -1.98. The number of halogens is 1. The molecule has 4 heteroatoms. The van der Waals surface area contributed by atoms with Gasteiger partial charge in [-0.25, -0.2) is 4.98 Å². The van der Waals surface area contributed by atoms with E-state index in [0.717, 1.165) is 22.3 Å². The lowest BCUT2D eigenvalue weighted by atomic mass is 10.2. The Hall–Kier alpha value is -0.350. The van der Waals surface area contributed by atoms with Crippen LogP contribution >= 0.6 is 27.7 Å². The number of carbonyl (C=O) groups excluding carboxylic acids is 1. The Morgan fingerprint density at radius 2 is 2.38 bits per heavy atom. The van der Waals surface area contributed by atoms with E-state index in [0.29, 0.717) is 0 Å². The van der Waals surface area contributed by atoms with Crippen LogP contribution in [0.2, 0.25) is 0 Å². The summed E-state index contributed by atoms with van der Waals surface area (Å²) >= 11 is 4.62. The molecule has 70 valence electrons. The van der Waals surface area contributed by atoms with Gasteiger partial charge >= 0.3 is 0 Å². The summed E-state index contributed by atoms with van der Waals surface area (Å²) in [6.45, 7) is 1.59.